The molecule has 17 heavy (non-hydrogen) atoms. The molecule has 0 radical (unpaired) electrons. The minimum absolute atomic E-state index is 0.135. The molecule has 2 N–H and O–H groups in total. The van der Waals surface area contributed by atoms with Crippen molar-refractivity contribution in [3.8, 4) is 0 Å². The zero-order chi connectivity index (χ0) is 12.4. The molecule has 4 heteroatoms. The monoisotopic (exact) mass is 256 g/mol. The van der Waals surface area contributed by atoms with Crippen molar-refractivity contribution in [2.45, 2.75) is 18.9 Å². The number of rotatable bonds is 5. The topological polar surface area (TPSA) is 29.3 Å². The summed E-state index contributed by atoms with van der Waals surface area (Å²) in [5.41, 5.74) is 6.30. The summed E-state index contributed by atoms with van der Waals surface area (Å²) in [5.74, 6) is 0.482. The molecule has 0 amide bonds. The maximum Gasteiger partial charge on any atom is 0.129 e. The molecule has 0 saturated heterocycles. The average molecular weight is 257 g/mol. The number of likely N-dealkylation sites (N-methyl/N-ethyl adjacent to an activating group) is 1. The average Bonchev–Trinajstić information content (AvgIpc) is 3.07. The van der Waals surface area contributed by atoms with E-state index in [0.29, 0.717) is 17.1 Å². The van der Waals surface area contributed by atoms with Crippen LogP contribution in [0.15, 0.2) is 18.2 Å². The Morgan fingerprint density at radius 2 is 2.24 bits per heavy atom. The fourth-order valence-electron chi connectivity index (χ4n) is 2.18. The molecule has 2 nitrogen and oxygen atoms in total. The van der Waals surface area contributed by atoms with Gasteiger partial charge < -0.3 is 5.73 Å². The van der Waals surface area contributed by atoms with E-state index in [-0.39, 0.29) is 11.9 Å². The molecule has 1 aromatic rings. The minimum atomic E-state index is -0.268. The van der Waals surface area contributed by atoms with Crippen molar-refractivity contribution in [3.05, 3.63) is 34.6 Å². The van der Waals surface area contributed by atoms with Crippen molar-refractivity contribution in [2.75, 3.05) is 20.1 Å². The predicted octanol–water partition coefficient (Wildman–Crippen LogP) is 2.82. The second-order valence-electron chi connectivity index (χ2n) is 4.77. The summed E-state index contributed by atoms with van der Waals surface area (Å²) in [6.07, 6.45) is 2.54. The van der Waals surface area contributed by atoms with Crippen LogP contribution in [-0.2, 0) is 0 Å². The highest BCUT2D eigenvalue weighted by Crippen LogP contribution is 2.34. The SMILES string of the molecule is CN(CC1CC1)C(CN)c1c(F)cccc1Cl. The van der Waals surface area contributed by atoms with Gasteiger partial charge in [0.15, 0.2) is 0 Å². The van der Waals surface area contributed by atoms with Gasteiger partial charge in [-0.2, -0.15) is 0 Å². The van der Waals surface area contributed by atoms with Crippen molar-refractivity contribution in [1.82, 2.24) is 4.90 Å². The van der Waals surface area contributed by atoms with Crippen LogP contribution in [0.5, 0.6) is 0 Å². The van der Waals surface area contributed by atoms with E-state index in [1.807, 2.05) is 7.05 Å². The van der Waals surface area contributed by atoms with Crippen LogP contribution in [-0.4, -0.2) is 25.0 Å². The Morgan fingerprint density at radius 3 is 2.76 bits per heavy atom. The molecule has 1 aromatic carbocycles. The summed E-state index contributed by atoms with van der Waals surface area (Å²) in [6, 6.07) is 4.64. The van der Waals surface area contributed by atoms with Crippen LogP contribution >= 0.6 is 11.6 Å². The van der Waals surface area contributed by atoms with Gasteiger partial charge >= 0.3 is 0 Å². The van der Waals surface area contributed by atoms with E-state index in [0.717, 1.165) is 12.5 Å². The lowest BCUT2D eigenvalue weighted by Gasteiger charge is -2.28. The second-order valence-corrected chi connectivity index (χ2v) is 5.18. The minimum Gasteiger partial charge on any atom is -0.329 e. The van der Waals surface area contributed by atoms with Gasteiger partial charge in [-0.05, 0) is 37.9 Å². The smallest absolute Gasteiger partial charge is 0.129 e. The van der Waals surface area contributed by atoms with Crippen LogP contribution in [0.3, 0.4) is 0 Å². The Balaban J connectivity index is 2.20. The second kappa shape index (κ2) is 5.34. The highest BCUT2D eigenvalue weighted by atomic mass is 35.5. The van der Waals surface area contributed by atoms with Crippen LogP contribution in [0, 0.1) is 11.7 Å². The third-order valence-corrected chi connectivity index (χ3v) is 3.66. The first-order valence-electron chi connectivity index (χ1n) is 5.97. The van der Waals surface area contributed by atoms with Gasteiger partial charge in [-0.3, -0.25) is 4.90 Å². The third kappa shape index (κ3) is 2.97. The van der Waals surface area contributed by atoms with Crippen LogP contribution in [0.4, 0.5) is 4.39 Å². The predicted molar refractivity (Wildman–Crippen MR) is 68.6 cm³/mol. The largest absolute Gasteiger partial charge is 0.329 e. The molecule has 1 fully saturated rings. The quantitative estimate of drug-likeness (QED) is 0.878. The number of hydrogen-bond donors (Lipinski definition) is 1. The molecule has 0 bridgehead atoms. The van der Waals surface area contributed by atoms with Gasteiger partial charge in [0.2, 0.25) is 0 Å². The van der Waals surface area contributed by atoms with Gasteiger partial charge in [-0.15, -0.1) is 0 Å². The highest BCUT2D eigenvalue weighted by molar-refractivity contribution is 6.31. The van der Waals surface area contributed by atoms with Gasteiger partial charge in [0, 0.05) is 23.7 Å². The summed E-state index contributed by atoms with van der Waals surface area (Å²) < 4.78 is 13.8. The van der Waals surface area contributed by atoms with E-state index >= 15 is 0 Å². The van der Waals surface area contributed by atoms with E-state index in [2.05, 4.69) is 4.90 Å². The molecule has 1 aliphatic carbocycles. The zero-order valence-corrected chi connectivity index (χ0v) is 10.8. The molecule has 0 heterocycles. The van der Waals surface area contributed by atoms with Crippen molar-refractivity contribution >= 4 is 11.6 Å². The number of halogens is 2. The molecular formula is C13H18ClFN2. The van der Waals surface area contributed by atoms with Crippen molar-refractivity contribution in [2.24, 2.45) is 11.7 Å². The maximum atomic E-state index is 13.8. The molecule has 94 valence electrons. The summed E-state index contributed by atoms with van der Waals surface area (Å²) >= 11 is 6.08. The first-order valence-corrected chi connectivity index (χ1v) is 6.35. The number of nitrogens with zero attached hydrogens (tertiary/aromatic N) is 1. The Hall–Kier alpha value is -0.640. The fraction of sp³-hybridized carbons (Fsp3) is 0.538. The first kappa shape index (κ1) is 12.8. The van der Waals surface area contributed by atoms with Gasteiger partial charge in [0.05, 0.1) is 6.04 Å². The highest BCUT2D eigenvalue weighted by Gasteiger charge is 2.28. The van der Waals surface area contributed by atoms with E-state index < -0.39 is 0 Å². The Morgan fingerprint density at radius 1 is 1.53 bits per heavy atom. The summed E-state index contributed by atoms with van der Waals surface area (Å²) in [4.78, 5) is 2.11. The molecule has 0 aromatic heterocycles. The summed E-state index contributed by atoms with van der Waals surface area (Å²) in [5, 5.41) is 0.461. The van der Waals surface area contributed by atoms with Gasteiger partial charge in [-0.1, -0.05) is 17.7 Å². The summed E-state index contributed by atoms with van der Waals surface area (Å²) in [6.45, 7) is 1.34. The molecule has 2 rings (SSSR count). The first-order chi connectivity index (χ1) is 8.13. The van der Waals surface area contributed by atoms with Crippen molar-refractivity contribution in [3.63, 3.8) is 0 Å². The van der Waals surface area contributed by atoms with Crippen LogP contribution in [0.25, 0.3) is 0 Å². The maximum absolute atomic E-state index is 13.8. The molecular weight excluding hydrogens is 239 g/mol. The third-order valence-electron chi connectivity index (χ3n) is 3.33. The van der Waals surface area contributed by atoms with Crippen molar-refractivity contribution < 1.29 is 4.39 Å². The lowest BCUT2D eigenvalue weighted by Crippen LogP contribution is -2.33. The number of nitrogens with two attached hydrogens (primary N) is 1. The van der Waals surface area contributed by atoms with Crippen LogP contribution in [0.1, 0.15) is 24.4 Å². The lowest BCUT2D eigenvalue weighted by atomic mass is 10.0. The van der Waals surface area contributed by atoms with Crippen LogP contribution in [0.2, 0.25) is 5.02 Å². The van der Waals surface area contributed by atoms with E-state index in [4.69, 9.17) is 17.3 Å². The fourth-order valence-corrected chi connectivity index (χ4v) is 2.47. The molecule has 1 saturated carbocycles. The van der Waals surface area contributed by atoms with E-state index in [9.17, 15) is 4.39 Å². The molecule has 0 aliphatic heterocycles. The Kier molecular flexibility index (Phi) is 4.02. The Labute approximate surface area is 107 Å². The molecule has 1 unspecified atom stereocenters. The normalized spacial score (nSPS) is 17.5. The molecule has 1 aliphatic rings. The van der Waals surface area contributed by atoms with Gasteiger partial charge in [0.1, 0.15) is 5.82 Å². The van der Waals surface area contributed by atoms with Crippen molar-refractivity contribution in [1.29, 1.82) is 0 Å². The van der Waals surface area contributed by atoms with Crippen LogP contribution < -0.4 is 5.73 Å². The number of hydrogen-bond acceptors (Lipinski definition) is 2. The Bertz CT molecular complexity index is 373. The number of benzene rings is 1. The molecule has 1 atom stereocenters. The van der Waals surface area contributed by atoms with Gasteiger partial charge in [0.25, 0.3) is 0 Å². The zero-order valence-electron chi connectivity index (χ0n) is 10.00. The van der Waals surface area contributed by atoms with Gasteiger partial charge in [-0.25, -0.2) is 4.39 Å². The summed E-state index contributed by atoms with van der Waals surface area (Å²) in [7, 11) is 1.98. The van der Waals surface area contributed by atoms with E-state index in [1.165, 1.54) is 18.9 Å². The lowest BCUT2D eigenvalue weighted by molar-refractivity contribution is 0.235. The molecule has 0 spiro atoms. The standard InChI is InChI=1S/C13H18ClFN2/c1-17(8-9-5-6-9)12(7-16)13-10(14)3-2-4-11(13)15/h2-4,9,12H,5-8,16H2,1H3. The van der Waals surface area contributed by atoms with E-state index in [1.54, 1.807) is 12.1 Å².